The van der Waals surface area contributed by atoms with Crippen molar-refractivity contribution in [2.75, 3.05) is 4.72 Å². The fourth-order valence-corrected chi connectivity index (χ4v) is 4.02. The van der Waals surface area contributed by atoms with Gasteiger partial charge in [0, 0.05) is 5.69 Å². The van der Waals surface area contributed by atoms with Crippen LogP contribution in [-0.4, -0.2) is 16.8 Å². The average molecular weight is 394 g/mol. The summed E-state index contributed by atoms with van der Waals surface area (Å²) < 4.78 is 87.8. The molecule has 0 aliphatic carbocycles. The van der Waals surface area contributed by atoms with E-state index in [4.69, 9.17) is 5.14 Å². The number of rotatable bonds is 5. The number of alkyl halides is 3. The summed E-state index contributed by atoms with van der Waals surface area (Å²) in [6, 6.07) is 8.94. The number of hydrogen-bond acceptors (Lipinski definition) is 4. The van der Waals surface area contributed by atoms with E-state index in [-0.39, 0.29) is 11.3 Å². The van der Waals surface area contributed by atoms with Gasteiger partial charge >= 0.3 is 6.18 Å². The summed E-state index contributed by atoms with van der Waals surface area (Å²) in [5.41, 5.74) is -1.20. The molecule has 25 heavy (non-hydrogen) atoms. The van der Waals surface area contributed by atoms with E-state index < -0.39 is 42.4 Å². The first-order chi connectivity index (χ1) is 11.4. The maximum atomic E-state index is 13.0. The lowest BCUT2D eigenvalue weighted by atomic mass is 10.2. The molecule has 2 aromatic carbocycles. The van der Waals surface area contributed by atoms with Gasteiger partial charge in [-0.3, -0.25) is 4.72 Å². The van der Waals surface area contributed by atoms with Gasteiger partial charge in [-0.2, -0.15) is 13.2 Å². The van der Waals surface area contributed by atoms with Crippen molar-refractivity contribution in [3.05, 3.63) is 59.7 Å². The third kappa shape index (κ3) is 5.18. The van der Waals surface area contributed by atoms with Gasteiger partial charge in [0.25, 0.3) is 10.0 Å². The highest BCUT2D eigenvalue weighted by Gasteiger charge is 2.36. The molecule has 136 valence electrons. The van der Waals surface area contributed by atoms with Gasteiger partial charge < -0.3 is 0 Å². The Kier molecular flexibility index (Phi) is 5.11. The molecule has 0 unspecified atom stereocenters. The smallest absolute Gasteiger partial charge is 0.280 e. The quantitative estimate of drug-likeness (QED) is 0.811. The molecule has 0 radical (unpaired) electrons. The van der Waals surface area contributed by atoms with E-state index in [9.17, 15) is 30.0 Å². The van der Waals surface area contributed by atoms with Crippen molar-refractivity contribution in [1.82, 2.24) is 0 Å². The summed E-state index contributed by atoms with van der Waals surface area (Å²) in [7, 11) is -8.38. The van der Waals surface area contributed by atoms with Crippen LogP contribution in [-0.2, 0) is 32.0 Å². The molecule has 2 aromatic rings. The third-order valence-corrected chi connectivity index (χ3v) is 5.20. The number of nitrogens with one attached hydrogen (secondary N) is 1. The second-order valence-electron chi connectivity index (χ2n) is 5.11. The zero-order chi connectivity index (χ0) is 18.9. The predicted molar refractivity (Wildman–Crippen MR) is 85.5 cm³/mol. The van der Waals surface area contributed by atoms with E-state index in [1.54, 1.807) is 0 Å². The minimum Gasteiger partial charge on any atom is -0.280 e. The van der Waals surface area contributed by atoms with Crippen molar-refractivity contribution in [1.29, 1.82) is 0 Å². The van der Waals surface area contributed by atoms with Crippen molar-refractivity contribution in [2.45, 2.75) is 16.8 Å². The van der Waals surface area contributed by atoms with Crippen LogP contribution < -0.4 is 9.86 Å². The number of nitrogens with two attached hydrogens (primary N) is 1. The lowest BCUT2D eigenvalue weighted by Gasteiger charge is -2.14. The Bertz CT molecular complexity index is 987. The van der Waals surface area contributed by atoms with Crippen LogP contribution in [0.1, 0.15) is 11.1 Å². The molecule has 0 aliphatic rings. The Morgan fingerprint density at radius 2 is 1.60 bits per heavy atom. The third-order valence-electron chi connectivity index (χ3n) is 3.03. The van der Waals surface area contributed by atoms with E-state index >= 15 is 0 Å². The number of primary sulfonamides is 1. The molecule has 0 bridgehead atoms. The molecule has 0 heterocycles. The van der Waals surface area contributed by atoms with Crippen LogP contribution in [0.4, 0.5) is 18.9 Å². The number of benzene rings is 2. The first-order valence-corrected chi connectivity index (χ1v) is 9.87. The van der Waals surface area contributed by atoms with Crippen molar-refractivity contribution in [3.63, 3.8) is 0 Å². The number of hydrogen-bond donors (Lipinski definition) is 2. The zero-order valence-corrected chi connectivity index (χ0v) is 14.1. The Morgan fingerprint density at radius 1 is 0.960 bits per heavy atom. The first kappa shape index (κ1) is 19.2. The van der Waals surface area contributed by atoms with Crippen molar-refractivity contribution in [3.8, 4) is 0 Å². The van der Waals surface area contributed by atoms with Gasteiger partial charge in [-0.05, 0) is 29.8 Å². The fraction of sp³-hybridized carbons (Fsp3) is 0.143. The molecule has 11 heteroatoms. The second-order valence-corrected chi connectivity index (χ2v) is 8.37. The Morgan fingerprint density at radius 3 is 2.20 bits per heavy atom. The lowest BCUT2D eigenvalue weighted by molar-refractivity contribution is -0.139. The highest BCUT2D eigenvalue weighted by Crippen LogP contribution is 2.34. The number of halogens is 3. The van der Waals surface area contributed by atoms with Crippen LogP contribution >= 0.6 is 0 Å². The van der Waals surface area contributed by atoms with Crippen LogP contribution in [0.3, 0.4) is 0 Å². The highest BCUT2D eigenvalue weighted by molar-refractivity contribution is 7.92. The van der Waals surface area contributed by atoms with Crippen LogP contribution in [0.15, 0.2) is 53.4 Å². The van der Waals surface area contributed by atoms with Crippen molar-refractivity contribution in [2.24, 2.45) is 5.14 Å². The zero-order valence-electron chi connectivity index (χ0n) is 12.5. The monoisotopic (exact) mass is 394 g/mol. The largest absolute Gasteiger partial charge is 0.417 e. The van der Waals surface area contributed by atoms with Crippen LogP contribution in [0, 0.1) is 0 Å². The summed E-state index contributed by atoms with van der Waals surface area (Å²) in [6.07, 6.45) is -4.85. The molecule has 0 atom stereocenters. The molecule has 0 aliphatic heterocycles. The Balaban J connectivity index is 2.40. The molecule has 2 rings (SSSR count). The SMILES string of the molecule is NS(=O)(=O)Cc1cccc(NS(=O)(=O)c2ccccc2C(F)(F)F)c1. The van der Waals surface area contributed by atoms with Crippen LogP contribution in [0.2, 0.25) is 0 Å². The van der Waals surface area contributed by atoms with Gasteiger partial charge in [0.05, 0.1) is 16.2 Å². The molecule has 0 saturated heterocycles. The minimum atomic E-state index is -4.85. The fourth-order valence-electron chi connectivity index (χ4n) is 2.10. The molecule has 0 aromatic heterocycles. The highest BCUT2D eigenvalue weighted by atomic mass is 32.2. The van der Waals surface area contributed by atoms with Crippen LogP contribution in [0.25, 0.3) is 0 Å². The molecular formula is C14H13F3N2O4S2. The van der Waals surface area contributed by atoms with Gasteiger partial charge in [0.1, 0.15) is 0 Å². The van der Waals surface area contributed by atoms with Gasteiger partial charge in [-0.1, -0.05) is 24.3 Å². The summed E-state index contributed by atoms with van der Waals surface area (Å²) in [5.74, 6) is -0.540. The van der Waals surface area contributed by atoms with E-state index in [0.29, 0.717) is 6.07 Å². The van der Waals surface area contributed by atoms with Gasteiger partial charge in [-0.15, -0.1) is 0 Å². The predicted octanol–water partition coefficient (Wildman–Crippen LogP) is 2.29. The summed E-state index contributed by atoms with van der Waals surface area (Å²) in [5, 5.41) is 4.91. The number of anilines is 1. The maximum absolute atomic E-state index is 13.0. The second kappa shape index (κ2) is 6.65. The standard InChI is InChI=1S/C14H13F3N2O4S2/c15-14(16,17)12-6-1-2-7-13(12)25(22,23)19-11-5-3-4-10(8-11)9-24(18,20)21/h1-8,19H,9H2,(H2,18,20,21). The van der Waals surface area contributed by atoms with E-state index in [1.165, 1.54) is 30.3 Å². The molecular weight excluding hydrogens is 381 g/mol. The molecule has 0 fully saturated rings. The first-order valence-electron chi connectivity index (χ1n) is 6.67. The number of sulfonamides is 2. The van der Waals surface area contributed by atoms with Gasteiger partial charge in [0.15, 0.2) is 0 Å². The summed E-state index contributed by atoms with van der Waals surface area (Å²) >= 11 is 0. The average Bonchev–Trinajstić information content (AvgIpc) is 2.44. The van der Waals surface area contributed by atoms with Crippen molar-refractivity contribution < 1.29 is 30.0 Å². The van der Waals surface area contributed by atoms with E-state index in [2.05, 4.69) is 0 Å². The topological polar surface area (TPSA) is 106 Å². The molecule has 0 saturated carbocycles. The molecule has 0 spiro atoms. The molecule has 6 nitrogen and oxygen atoms in total. The Hall–Kier alpha value is -2.11. The van der Waals surface area contributed by atoms with Crippen LogP contribution in [0.5, 0.6) is 0 Å². The minimum absolute atomic E-state index is 0.0851. The summed E-state index contributed by atoms with van der Waals surface area (Å²) in [6.45, 7) is 0. The van der Waals surface area contributed by atoms with Crippen molar-refractivity contribution >= 4 is 25.7 Å². The summed E-state index contributed by atoms with van der Waals surface area (Å²) in [4.78, 5) is -0.931. The normalized spacial score (nSPS) is 12.8. The maximum Gasteiger partial charge on any atom is 0.417 e. The lowest BCUT2D eigenvalue weighted by Crippen LogP contribution is -2.19. The van der Waals surface area contributed by atoms with E-state index in [0.717, 1.165) is 12.1 Å². The van der Waals surface area contributed by atoms with Gasteiger partial charge in [-0.25, -0.2) is 22.0 Å². The van der Waals surface area contributed by atoms with E-state index in [1.807, 2.05) is 4.72 Å². The Labute approximate surface area is 142 Å². The van der Waals surface area contributed by atoms with Gasteiger partial charge in [0.2, 0.25) is 10.0 Å². The molecule has 0 amide bonds. The molecule has 3 N–H and O–H groups in total.